The van der Waals surface area contributed by atoms with E-state index in [1.807, 2.05) is 6.07 Å². The molecule has 0 radical (unpaired) electrons. The summed E-state index contributed by atoms with van der Waals surface area (Å²) < 4.78 is 0. The largest absolute Gasteiger partial charge is 0.478 e. The highest BCUT2D eigenvalue weighted by Crippen LogP contribution is 2.38. The van der Waals surface area contributed by atoms with Crippen LogP contribution < -0.4 is 0 Å². The Labute approximate surface area is 181 Å². The maximum absolute atomic E-state index is 9.55. The van der Waals surface area contributed by atoms with Crippen LogP contribution in [0.4, 0.5) is 0 Å². The summed E-state index contributed by atoms with van der Waals surface area (Å²) >= 11 is 6.27. The molecule has 0 saturated heterocycles. The topological polar surface area (TPSA) is 77.8 Å². The number of nitrogens with zero attached hydrogens (tertiary/aromatic N) is 1. The first-order valence-corrected chi connectivity index (χ1v) is 10.0. The van der Waals surface area contributed by atoms with Gasteiger partial charge in [0.25, 0.3) is 0 Å². The summed E-state index contributed by atoms with van der Waals surface area (Å²) in [7, 11) is 4.26. The molecule has 1 aliphatic rings. The highest BCUT2D eigenvalue weighted by Gasteiger charge is 2.21. The van der Waals surface area contributed by atoms with E-state index in [1.165, 1.54) is 28.7 Å². The molecule has 6 heteroatoms. The summed E-state index contributed by atoms with van der Waals surface area (Å²) in [5.74, 6) is -2.10. The molecule has 2 aromatic rings. The summed E-state index contributed by atoms with van der Waals surface area (Å²) in [6, 6.07) is 15.0. The van der Waals surface area contributed by atoms with Gasteiger partial charge >= 0.3 is 11.9 Å². The molecule has 3 rings (SSSR count). The van der Waals surface area contributed by atoms with Gasteiger partial charge in [-0.25, -0.2) is 9.59 Å². The summed E-state index contributed by atoms with van der Waals surface area (Å²) in [5, 5.41) is 16.4. The van der Waals surface area contributed by atoms with Gasteiger partial charge in [-0.05, 0) is 67.9 Å². The van der Waals surface area contributed by atoms with Gasteiger partial charge in [-0.15, -0.1) is 0 Å². The minimum atomic E-state index is -1.26. The van der Waals surface area contributed by atoms with Gasteiger partial charge in [0.1, 0.15) is 0 Å². The molecule has 5 nitrogen and oxygen atoms in total. The fourth-order valence-corrected chi connectivity index (χ4v) is 3.57. The highest BCUT2D eigenvalue weighted by atomic mass is 35.5. The average Bonchev–Trinajstić information content (AvgIpc) is 2.84. The summed E-state index contributed by atoms with van der Waals surface area (Å²) in [6.07, 6.45) is 7.89. The number of aliphatic carboxylic acids is 2. The van der Waals surface area contributed by atoms with Crippen molar-refractivity contribution >= 4 is 35.7 Å². The Balaban J connectivity index is 0.000000343. The second-order valence-corrected chi connectivity index (χ2v) is 7.68. The Morgan fingerprint density at radius 3 is 2.17 bits per heavy atom. The SMILES string of the molecule is CN(C)CCCC1c2ccccc2C=Cc2ccc(Cl)cc21.O=C(O)C=CC(=O)O. The van der Waals surface area contributed by atoms with Crippen molar-refractivity contribution in [1.29, 1.82) is 0 Å². The Morgan fingerprint density at radius 1 is 0.967 bits per heavy atom. The summed E-state index contributed by atoms with van der Waals surface area (Å²) in [6.45, 7) is 1.11. The van der Waals surface area contributed by atoms with Gasteiger partial charge in [0, 0.05) is 23.1 Å². The Hall–Kier alpha value is -2.89. The van der Waals surface area contributed by atoms with E-state index in [-0.39, 0.29) is 0 Å². The van der Waals surface area contributed by atoms with Gasteiger partial charge < -0.3 is 15.1 Å². The molecule has 0 amide bonds. The third kappa shape index (κ3) is 7.17. The minimum absolute atomic E-state index is 0.417. The van der Waals surface area contributed by atoms with Gasteiger partial charge in [-0.2, -0.15) is 0 Å². The predicted molar refractivity (Wildman–Crippen MR) is 121 cm³/mol. The summed E-state index contributed by atoms with van der Waals surface area (Å²) in [4.78, 5) is 21.4. The lowest BCUT2D eigenvalue weighted by atomic mass is 9.84. The van der Waals surface area contributed by atoms with Crippen LogP contribution in [0.15, 0.2) is 54.6 Å². The van der Waals surface area contributed by atoms with E-state index >= 15 is 0 Å². The average molecular weight is 428 g/mol. The molecule has 1 aliphatic carbocycles. The van der Waals surface area contributed by atoms with E-state index in [4.69, 9.17) is 21.8 Å². The molecule has 0 heterocycles. The molecule has 158 valence electrons. The van der Waals surface area contributed by atoms with E-state index in [2.05, 4.69) is 67.5 Å². The predicted octanol–water partition coefficient (Wildman–Crippen LogP) is 5.01. The number of fused-ring (bicyclic) bond motifs is 2. The molecule has 30 heavy (non-hydrogen) atoms. The van der Waals surface area contributed by atoms with Crippen molar-refractivity contribution in [3.05, 3.63) is 81.9 Å². The maximum Gasteiger partial charge on any atom is 0.328 e. The van der Waals surface area contributed by atoms with E-state index in [0.29, 0.717) is 18.1 Å². The zero-order chi connectivity index (χ0) is 22.1. The number of benzene rings is 2. The molecule has 0 fully saturated rings. The normalized spacial score (nSPS) is 14.5. The Bertz CT molecular complexity index is 934. The lowest BCUT2D eigenvalue weighted by Gasteiger charge is -2.21. The second kappa shape index (κ2) is 11.3. The molecule has 0 aliphatic heterocycles. The fraction of sp³-hybridized carbons (Fsp3) is 0.250. The van der Waals surface area contributed by atoms with Crippen molar-refractivity contribution in [3.63, 3.8) is 0 Å². The molecule has 0 bridgehead atoms. The molecule has 0 saturated carbocycles. The first-order valence-electron chi connectivity index (χ1n) is 9.63. The van der Waals surface area contributed by atoms with Crippen molar-refractivity contribution < 1.29 is 19.8 Å². The van der Waals surface area contributed by atoms with Crippen molar-refractivity contribution in [2.24, 2.45) is 0 Å². The zero-order valence-corrected chi connectivity index (χ0v) is 17.8. The number of carbonyl (C=O) groups is 2. The van der Waals surface area contributed by atoms with Gasteiger partial charge in [-0.3, -0.25) is 0 Å². The van der Waals surface area contributed by atoms with Crippen molar-refractivity contribution in [2.45, 2.75) is 18.8 Å². The summed E-state index contributed by atoms with van der Waals surface area (Å²) in [5.41, 5.74) is 5.38. The van der Waals surface area contributed by atoms with E-state index < -0.39 is 11.9 Å². The van der Waals surface area contributed by atoms with Gasteiger partial charge in [0.2, 0.25) is 0 Å². The van der Waals surface area contributed by atoms with Gasteiger partial charge in [-0.1, -0.05) is 54.1 Å². The minimum Gasteiger partial charge on any atom is -0.478 e. The van der Waals surface area contributed by atoms with E-state index in [1.54, 1.807) is 0 Å². The number of hydrogen-bond acceptors (Lipinski definition) is 3. The van der Waals surface area contributed by atoms with Crippen LogP contribution in [0.2, 0.25) is 5.02 Å². The molecule has 2 N–H and O–H groups in total. The van der Waals surface area contributed by atoms with Gasteiger partial charge in [0.15, 0.2) is 0 Å². The van der Waals surface area contributed by atoms with Crippen molar-refractivity contribution in [1.82, 2.24) is 4.90 Å². The fourth-order valence-electron chi connectivity index (χ4n) is 3.39. The number of halogens is 1. The van der Waals surface area contributed by atoms with Crippen LogP contribution in [0.25, 0.3) is 12.2 Å². The molecule has 1 unspecified atom stereocenters. The van der Waals surface area contributed by atoms with Crippen LogP contribution in [-0.2, 0) is 9.59 Å². The standard InChI is InChI=1S/C20H22ClN.C4H4O4/c1-22(2)13-5-8-19-18-7-4-3-6-15(18)9-10-16-11-12-17(21)14-20(16)19;5-3(6)1-2-4(7)8/h3-4,6-7,9-12,14,19H,5,8,13H2,1-2H3;1-2H,(H,5,6)(H,7,8). The van der Waals surface area contributed by atoms with Crippen molar-refractivity contribution in [3.8, 4) is 0 Å². The zero-order valence-electron chi connectivity index (χ0n) is 17.1. The Morgan fingerprint density at radius 2 is 1.57 bits per heavy atom. The molecular formula is C24H26ClNO4. The number of rotatable bonds is 6. The van der Waals surface area contributed by atoms with E-state index in [0.717, 1.165) is 18.0 Å². The number of carboxylic acid groups (broad SMARTS) is 2. The molecule has 0 spiro atoms. The van der Waals surface area contributed by atoms with Crippen LogP contribution in [0.5, 0.6) is 0 Å². The number of carboxylic acids is 2. The maximum atomic E-state index is 9.55. The molecule has 0 aromatic heterocycles. The lowest BCUT2D eigenvalue weighted by molar-refractivity contribution is -0.134. The number of hydrogen-bond donors (Lipinski definition) is 2. The van der Waals surface area contributed by atoms with Crippen LogP contribution in [0.1, 0.15) is 41.0 Å². The van der Waals surface area contributed by atoms with E-state index in [9.17, 15) is 9.59 Å². The molecule has 2 aromatic carbocycles. The quantitative estimate of drug-likeness (QED) is 0.633. The van der Waals surface area contributed by atoms with Crippen LogP contribution in [0.3, 0.4) is 0 Å². The molecule has 1 atom stereocenters. The monoisotopic (exact) mass is 427 g/mol. The third-order valence-corrected chi connectivity index (χ3v) is 4.94. The third-order valence-electron chi connectivity index (χ3n) is 4.70. The Kier molecular flexibility index (Phi) is 8.84. The smallest absolute Gasteiger partial charge is 0.328 e. The van der Waals surface area contributed by atoms with Gasteiger partial charge in [0.05, 0.1) is 0 Å². The molecular weight excluding hydrogens is 402 g/mol. The van der Waals surface area contributed by atoms with Crippen LogP contribution in [0, 0.1) is 0 Å². The highest BCUT2D eigenvalue weighted by molar-refractivity contribution is 6.30. The lowest BCUT2D eigenvalue weighted by Crippen LogP contribution is -2.14. The van der Waals surface area contributed by atoms with Crippen LogP contribution >= 0.6 is 11.6 Å². The first-order chi connectivity index (χ1) is 14.3. The second-order valence-electron chi connectivity index (χ2n) is 7.24. The first kappa shape index (κ1) is 23.4. The van der Waals surface area contributed by atoms with Crippen molar-refractivity contribution in [2.75, 3.05) is 20.6 Å². The van der Waals surface area contributed by atoms with Crippen LogP contribution in [-0.4, -0.2) is 47.7 Å².